The zero-order valence-electron chi connectivity index (χ0n) is 11.5. The maximum absolute atomic E-state index is 11.6. The molecule has 2 aliphatic heterocycles. The summed E-state index contributed by atoms with van der Waals surface area (Å²) in [5.74, 6) is 0. The third-order valence-corrected chi connectivity index (χ3v) is 4.42. The molecule has 2 heterocycles. The molecular weight excluding hydrogens is 244 g/mol. The summed E-state index contributed by atoms with van der Waals surface area (Å²) in [5, 5.41) is 20.4. The van der Waals surface area contributed by atoms with Crippen molar-refractivity contribution in [3.63, 3.8) is 0 Å². The minimum atomic E-state index is -0.976. The quantitative estimate of drug-likeness (QED) is 0.565. The van der Waals surface area contributed by atoms with Crippen LogP contribution in [0.1, 0.15) is 32.1 Å². The van der Waals surface area contributed by atoms with Gasteiger partial charge in [0.15, 0.2) is 0 Å². The SMILES string of the molecule is CN1CC2CCCCN2CC(CCC#N)([N+](=O)[O-])C1. The van der Waals surface area contributed by atoms with Crippen molar-refractivity contribution in [1.29, 1.82) is 5.26 Å². The third-order valence-electron chi connectivity index (χ3n) is 4.42. The Morgan fingerprint density at radius 2 is 2.26 bits per heavy atom. The summed E-state index contributed by atoms with van der Waals surface area (Å²) in [6.45, 7) is 2.81. The van der Waals surface area contributed by atoms with E-state index in [1.807, 2.05) is 7.05 Å². The first-order valence-corrected chi connectivity index (χ1v) is 7.01. The molecule has 2 rings (SSSR count). The molecule has 0 aliphatic carbocycles. The number of piperidine rings is 1. The molecule has 6 heteroatoms. The average molecular weight is 266 g/mol. The number of nitro groups is 1. The van der Waals surface area contributed by atoms with Gasteiger partial charge in [-0.05, 0) is 26.4 Å². The summed E-state index contributed by atoms with van der Waals surface area (Å²) >= 11 is 0. The first-order valence-electron chi connectivity index (χ1n) is 7.01. The standard InChI is InChI=1S/C13H22N4O2/c1-15-9-12-5-2-3-8-16(12)11-13(10-15,17(18)19)6-4-7-14/h12H,2-6,8-11H2,1H3. The summed E-state index contributed by atoms with van der Waals surface area (Å²) in [6.07, 6.45) is 4.10. The molecule has 0 spiro atoms. The monoisotopic (exact) mass is 266 g/mol. The third kappa shape index (κ3) is 3.04. The number of fused-ring (bicyclic) bond motifs is 1. The lowest BCUT2D eigenvalue weighted by atomic mass is 9.92. The van der Waals surface area contributed by atoms with Crippen LogP contribution in [0.4, 0.5) is 0 Å². The van der Waals surface area contributed by atoms with Gasteiger partial charge < -0.3 is 0 Å². The van der Waals surface area contributed by atoms with Crippen LogP contribution in [0.2, 0.25) is 0 Å². The number of hydrogen-bond acceptors (Lipinski definition) is 5. The van der Waals surface area contributed by atoms with Gasteiger partial charge in [0.05, 0.1) is 19.2 Å². The largest absolute Gasteiger partial charge is 0.298 e. The fourth-order valence-electron chi connectivity index (χ4n) is 3.48. The maximum atomic E-state index is 11.6. The van der Waals surface area contributed by atoms with Crippen molar-refractivity contribution in [3.8, 4) is 6.07 Å². The van der Waals surface area contributed by atoms with Crippen molar-refractivity contribution in [2.75, 3.05) is 33.2 Å². The molecule has 0 aromatic rings. The highest BCUT2D eigenvalue weighted by Crippen LogP contribution is 2.28. The zero-order chi connectivity index (χ0) is 13.9. The Morgan fingerprint density at radius 1 is 1.47 bits per heavy atom. The zero-order valence-corrected chi connectivity index (χ0v) is 11.5. The van der Waals surface area contributed by atoms with E-state index in [9.17, 15) is 10.1 Å². The van der Waals surface area contributed by atoms with Crippen LogP contribution in [0, 0.1) is 21.4 Å². The van der Waals surface area contributed by atoms with Gasteiger partial charge in [0.2, 0.25) is 5.54 Å². The van der Waals surface area contributed by atoms with Gasteiger partial charge in [0.1, 0.15) is 0 Å². The lowest BCUT2D eigenvalue weighted by Crippen LogP contribution is -2.53. The van der Waals surface area contributed by atoms with E-state index in [0.29, 0.717) is 25.6 Å². The Hall–Kier alpha value is -1.19. The lowest BCUT2D eigenvalue weighted by molar-refractivity contribution is -0.571. The average Bonchev–Trinajstić information content (AvgIpc) is 2.52. The highest BCUT2D eigenvalue weighted by Gasteiger charge is 2.48. The summed E-state index contributed by atoms with van der Waals surface area (Å²) < 4.78 is 0. The molecule has 0 bridgehead atoms. The number of nitriles is 1. The Morgan fingerprint density at radius 3 is 2.95 bits per heavy atom. The first kappa shape index (κ1) is 14.2. The number of nitrogens with zero attached hydrogens (tertiary/aromatic N) is 4. The molecule has 2 fully saturated rings. The molecule has 6 nitrogen and oxygen atoms in total. The number of likely N-dealkylation sites (N-methyl/N-ethyl adjacent to an activating group) is 1. The summed E-state index contributed by atoms with van der Waals surface area (Å²) in [5.41, 5.74) is -0.976. The highest BCUT2D eigenvalue weighted by molar-refractivity contribution is 4.95. The van der Waals surface area contributed by atoms with E-state index in [-0.39, 0.29) is 11.3 Å². The van der Waals surface area contributed by atoms with E-state index in [2.05, 4.69) is 15.9 Å². The van der Waals surface area contributed by atoms with Gasteiger partial charge in [-0.3, -0.25) is 19.9 Å². The molecule has 0 saturated carbocycles. The number of hydrogen-bond donors (Lipinski definition) is 0. The molecule has 2 unspecified atom stereocenters. The topological polar surface area (TPSA) is 73.4 Å². The lowest BCUT2D eigenvalue weighted by Gasteiger charge is -2.36. The second-order valence-electron chi connectivity index (χ2n) is 5.96. The van der Waals surface area contributed by atoms with Crippen LogP contribution in [0.5, 0.6) is 0 Å². The van der Waals surface area contributed by atoms with Crippen LogP contribution in [0.25, 0.3) is 0 Å². The predicted octanol–water partition coefficient (Wildman–Crippen LogP) is 1.11. The molecule has 0 aromatic heterocycles. The van der Waals surface area contributed by atoms with E-state index in [0.717, 1.165) is 25.9 Å². The Kier molecular flexibility index (Phi) is 4.38. The molecular formula is C13H22N4O2. The fraction of sp³-hybridized carbons (Fsp3) is 0.923. The van der Waals surface area contributed by atoms with E-state index < -0.39 is 5.54 Å². The minimum Gasteiger partial charge on any atom is -0.298 e. The smallest absolute Gasteiger partial charge is 0.248 e. The van der Waals surface area contributed by atoms with Gasteiger partial charge in [0, 0.05) is 30.4 Å². The first-order chi connectivity index (χ1) is 9.07. The molecule has 0 aromatic carbocycles. The molecule has 0 N–H and O–H groups in total. The number of rotatable bonds is 3. The van der Waals surface area contributed by atoms with Crippen LogP contribution in [0.15, 0.2) is 0 Å². The normalized spacial score (nSPS) is 33.2. The maximum Gasteiger partial charge on any atom is 0.248 e. The second kappa shape index (κ2) is 5.85. The Bertz CT molecular complexity index is 381. The van der Waals surface area contributed by atoms with Crippen LogP contribution >= 0.6 is 0 Å². The van der Waals surface area contributed by atoms with Crippen molar-refractivity contribution in [1.82, 2.24) is 9.80 Å². The van der Waals surface area contributed by atoms with Crippen LogP contribution in [0.3, 0.4) is 0 Å². The van der Waals surface area contributed by atoms with E-state index in [1.165, 1.54) is 6.42 Å². The highest BCUT2D eigenvalue weighted by atomic mass is 16.6. The molecule has 0 radical (unpaired) electrons. The van der Waals surface area contributed by atoms with Gasteiger partial charge in [-0.25, -0.2) is 0 Å². The van der Waals surface area contributed by atoms with E-state index in [1.54, 1.807) is 0 Å². The molecule has 2 atom stereocenters. The van der Waals surface area contributed by atoms with E-state index in [4.69, 9.17) is 5.26 Å². The fourth-order valence-corrected chi connectivity index (χ4v) is 3.48. The molecule has 0 amide bonds. The Balaban J connectivity index is 2.21. The minimum absolute atomic E-state index is 0.141. The molecule has 19 heavy (non-hydrogen) atoms. The molecule has 2 saturated heterocycles. The van der Waals surface area contributed by atoms with Crippen molar-refractivity contribution in [3.05, 3.63) is 10.1 Å². The Labute approximate surface area is 114 Å². The van der Waals surface area contributed by atoms with Crippen LogP contribution in [-0.2, 0) is 0 Å². The van der Waals surface area contributed by atoms with Crippen molar-refractivity contribution >= 4 is 0 Å². The van der Waals surface area contributed by atoms with Gasteiger partial charge in [0.25, 0.3) is 0 Å². The van der Waals surface area contributed by atoms with Crippen LogP contribution < -0.4 is 0 Å². The summed E-state index contributed by atoms with van der Waals surface area (Å²) in [4.78, 5) is 15.8. The van der Waals surface area contributed by atoms with Gasteiger partial charge in [-0.15, -0.1) is 0 Å². The van der Waals surface area contributed by atoms with Gasteiger partial charge in [-0.1, -0.05) is 6.42 Å². The van der Waals surface area contributed by atoms with Crippen LogP contribution in [-0.4, -0.2) is 59.5 Å². The van der Waals surface area contributed by atoms with E-state index >= 15 is 0 Å². The predicted molar refractivity (Wildman–Crippen MR) is 71.3 cm³/mol. The summed E-state index contributed by atoms with van der Waals surface area (Å²) in [6, 6.07) is 2.51. The molecule has 106 valence electrons. The summed E-state index contributed by atoms with van der Waals surface area (Å²) in [7, 11) is 1.96. The second-order valence-corrected chi connectivity index (χ2v) is 5.96. The molecule has 2 aliphatic rings. The van der Waals surface area contributed by atoms with Crippen molar-refractivity contribution in [2.24, 2.45) is 0 Å². The van der Waals surface area contributed by atoms with Crippen molar-refractivity contribution < 1.29 is 4.92 Å². The van der Waals surface area contributed by atoms with Gasteiger partial charge >= 0.3 is 0 Å². The van der Waals surface area contributed by atoms with Crippen molar-refractivity contribution in [2.45, 2.75) is 43.7 Å². The van der Waals surface area contributed by atoms with Gasteiger partial charge in [-0.2, -0.15) is 5.26 Å².